The first-order valence-electron chi connectivity index (χ1n) is 8.35. The Bertz CT molecular complexity index is 448. The number of nitrogens with two attached hydrogens (primary N) is 1. The van der Waals surface area contributed by atoms with Crippen molar-refractivity contribution in [3.8, 4) is 0 Å². The molecule has 118 valence electrons. The Hall–Kier alpha value is -0.900. The average molecular weight is 289 g/mol. The predicted molar refractivity (Wildman–Crippen MR) is 90.1 cm³/mol. The highest BCUT2D eigenvalue weighted by molar-refractivity contribution is 5.31. The van der Waals surface area contributed by atoms with Crippen LogP contribution in [0.1, 0.15) is 70.0 Å². The first-order chi connectivity index (χ1) is 10.0. The van der Waals surface area contributed by atoms with E-state index >= 15 is 0 Å². The van der Waals surface area contributed by atoms with Gasteiger partial charge in [-0.3, -0.25) is 16.2 Å². The lowest BCUT2D eigenvalue weighted by molar-refractivity contribution is 0.0912. The Kier molecular flexibility index (Phi) is 5.42. The molecule has 0 aliphatic heterocycles. The fourth-order valence-corrected chi connectivity index (χ4v) is 3.66. The Morgan fingerprint density at radius 1 is 1.29 bits per heavy atom. The zero-order valence-electron chi connectivity index (χ0n) is 14.0. The standard InChI is InChI=1S/C18H31N3/c1-5-21(6-2)18(3,4)17(20-19)16-12-8-11-15(13-16)14-9-7-10-14/h8,11-14,17,20H,5-7,9-10,19H2,1-4H3. The summed E-state index contributed by atoms with van der Waals surface area (Å²) < 4.78 is 0. The minimum atomic E-state index is -0.0174. The van der Waals surface area contributed by atoms with Crippen molar-refractivity contribution in [2.45, 2.75) is 64.5 Å². The maximum absolute atomic E-state index is 5.93. The van der Waals surface area contributed by atoms with Gasteiger partial charge in [-0.2, -0.15) is 0 Å². The highest BCUT2D eigenvalue weighted by atomic mass is 15.3. The van der Waals surface area contributed by atoms with Crippen LogP contribution >= 0.6 is 0 Å². The fourth-order valence-electron chi connectivity index (χ4n) is 3.66. The molecule has 0 saturated heterocycles. The summed E-state index contributed by atoms with van der Waals surface area (Å²) >= 11 is 0. The van der Waals surface area contributed by atoms with Gasteiger partial charge in [-0.15, -0.1) is 0 Å². The molecule has 2 rings (SSSR count). The van der Waals surface area contributed by atoms with Crippen LogP contribution in [0.5, 0.6) is 0 Å². The zero-order valence-corrected chi connectivity index (χ0v) is 14.0. The van der Waals surface area contributed by atoms with Crippen molar-refractivity contribution in [3.05, 3.63) is 35.4 Å². The fraction of sp³-hybridized carbons (Fsp3) is 0.667. The number of nitrogens with one attached hydrogen (secondary N) is 1. The summed E-state index contributed by atoms with van der Waals surface area (Å²) in [6.45, 7) is 11.0. The highest BCUT2D eigenvalue weighted by Crippen LogP contribution is 2.38. The average Bonchev–Trinajstić information content (AvgIpc) is 2.38. The maximum atomic E-state index is 5.93. The van der Waals surface area contributed by atoms with Crippen LogP contribution in [0.25, 0.3) is 0 Å². The Morgan fingerprint density at radius 2 is 1.95 bits per heavy atom. The van der Waals surface area contributed by atoms with Gasteiger partial charge in [0, 0.05) is 5.54 Å². The number of rotatable bonds is 7. The van der Waals surface area contributed by atoms with Gasteiger partial charge in [0.15, 0.2) is 0 Å². The van der Waals surface area contributed by atoms with E-state index < -0.39 is 0 Å². The third kappa shape index (κ3) is 3.31. The third-order valence-corrected chi connectivity index (χ3v) is 5.27. The number of hydrogen-bond donors (Lipinski definition) is 2. The van der Waals surface area contributed by atoms with E-state index in [1.54, 1.807) is 0 Å². The van der Waals surface area contributed by atoms with E-state index in [1.807, 2.05) is 0 Å². The molecule has 3 heteroatoms. The second-order valence-corrected chi connectivity index (χ2v) is 6.72. The van der Waals surface area contributed by atoms with Gasteiger partial charge in [0.2, 0.25) is 0 Å². The van der Waals surface area contributed by atoms with Crippen molar-refractivity contribution >= 4 is 0 Å². The first-order valence-corrected chi connectivity index (χ1v) is 8.35. The number of hydrogen-bond acceptors (Lipinski definition) is 3. The molecule has 1 aliphatic carbocycles. The molecule has 21 heavy (non-hydrogen) atoms. The van der Waals surface area contributed by atoms with E-state index in [0.29, 0.717) is 0 Å². The van der Waals surface area contributed by atoms with Crippen LogP contribution in [0.15, 0.2) is 24.3 Å². The molecule has 1 saturated carbocycles. The maximum Gasteiger partial charge on any atom is 0.0638 e. The van der Waals surface area contributed by atoms with E-state index in [-0.39, 0.29) is 11.6 Å². The normalized spacial score (nSPS) is 17.8. The summed E-state index contributed by atoms with van der Waals surface area (Å²) in [7, 11) is 0. The van der Waals surface area contributed by atoms with E-state index in [2.05, 4.69) is 62.3 Å². The quantitative estimate of drug-likeness (QED) is 0.595. The SMILES string of the molecule is CCN(CC)C(C)(C)C(NN)c1cccc(C2CCC2)c1. The van der Waals surface area contributed by atoms with E-state index in [4.69, 9.17) is 5.84 Å². The summed E-state index contributed by atoms with van der Waals surface area (Å²) in [5.74, 6) is 6.70. The summed E-state index contributed by atoms with van der Waals surface area (Å²) in [4.78, 5) is 2.47. The highest BCUT2D eigenvalue weighted by Gasteiger charge is 2.34. The molecule has 1 unspecified atom stereocenters. The van der Waals surface area contributed by atoms with Gasteiger partial charge < -0.3 is 0 Å². The van der Waals surface area contributed by atoms with E-state index in [9.17, 15) is 0 Å². The van der Waals surface area contributed by atoms with Crippen LogP contribution in [0.4, 0.5) is 0 Å². The van der Waals surface area contributed by atoms with Crippen LogP contribution in [-0.2, 0) is 0 Å². The van der Waals surface area contributed by atoms with Gasteiger partial charge in [-0.05, 0) is 56.8 Å². The molecule has 3 nitrogen and oxygen atoms in total. The number of nitrogens with zero attached hydrogens (tertiary/aromatic N) is 1. The lowest BCUT2D eigenvalue weighted by Crippen LogP contribution is -2.54. The molecule has 1 fully saturated rings. The lowest BCUT2D eigenvalue weighted by Gasteiger charge is -2.43. The molecule has 0 heterocycles. The van der Waals surface area contributed by atoms with Crippen LogP contribution in [0, 0.1) is 0 Å². The molecule has 0 aromatic heterocycles. The minimum Gasteiger partial charge on any atom is -0.297 e. The van der Waals surface area contributed by atoms with Crippen molar-refractivity contribution < 1.29 is 0 Å². The minimum absolute atomic E-state index is 0.0174. The van der Waals surface area contributed by atoms with Crippen molar-refractivity contribution in [2.24, 2.45) is 5.84 Å². The molecule has 1 atom stereocenters. The molecule has 1 aromatic rings. The Morgan fingerprint density at radius 3 is 2.43 bits per heavy atom. The van der Waals surface area contributed by atoms with Crippen molar-refractivity contribution in [3.63, 3.8) is 0 Å². The number of benzene rings is 1. The first kappa shape index (κ1) is 16.5. The predicted octanol–water partition coefficient (Wildman–Crippen LogP) is 3.58. The summed E-state index contributed by atoms with van der Waals surface area (Å²) in [6.07, 6.45) is 4.05. The van der Waals surface area contributed by atoms with E-state index in [1.165, 1.54) is 30.4 Å². The molecule has 1 aromatic carbocycles. The van der Waals surface area contributed by atoms with Crippen LogP contribution < -0.4 is 11.3 Å². The molecule has 0 bridgehead atoms. The molecular formula is C18H31N3. The van der Waals surface area contributed by atoms with Gasteiger partial charge in [-0.1, -0.05) is 44.5 Å². The Labute approximate surface area is 129 Å². The lowest BCUT2D eigenvalue weighted by atomic mass is 9.78. The van der Waals surface area contributed by atoms with Crippen LogP contribution in [-0.4, -0.2) is 23.5 Å². The van der Waals surface area contributed by atoms with Gasteiger partial charge in [0.1, 0.15) is 0 Å². The monoisotopic (exact) mass is 289 g/mol. The van der Waals surface area contributed by atoms with Crippen LogP contribution in [0.3, 0.4) is 0 Å². The van der Waals surface area contributed by atoms with E-state index in [0.717, 1.165) is 19.0 Å². The third-order valence-electron chi connectivity index (χ3n) is 5.27. The number of likely N-dealkylation sites (N-methyl/N-ethyl adjacent to an activating group) is 1. The van der Waals surface area contributed by atoms with Gasteiger partial charge >= 0.3 is 0 Å². The molecule has 0 spiro atoms. The topological polar surface area (TPSA) is 41.3 Å². The molecular weight excluding hydrogens is 258 g/mol. The Balaban J connectivity index is 2.27. The second-order valence-electron chi connectivity index (χ2n) is 6.72. The summed E-state index contributed by atoms with van der Waals surface area (Å²) in [5.41, 5.74) is 5.84. The zero-order chi connectivity index (χ0) is 15.5. The van der Waals surface area contributed by atoms with Crippen LogP contribution in [0.2, 0.25) is 0 Å². The summed E-state index contributed by atoms with van der Waals surface area (Å²) in [6, 6.07) is 9.16. The second kappa shape index (κ2) is 6.91. The summed E-state index contributed by atoms with van der Waals surface area (Å²) in [5, 5.41) is 0. The molecule has 0 radical (unpaired) electrons. The van der Waals surface area contributed by atoms with Gasteiger partial charge in [0.25, 0.3) is 0 Å². The molecule has 0 amide bonds. The smallest absolute Gasteiger partial charge is 0.0638 e. The molecule has 3 N–H and O–H groups in total. The van der Waals surface area contributed by atoms with Gasteiger partial charge in [-0.25, -0.2) is 0 Å². The molecule has 1 aliphatic rings. The van der Waals surface area contributed by atoms with Crippen molar-refractivity contribution in [1.29, 1.82) is 0 Å². The van der Waals surface area contributed by atoms with Crippen molar-refractivity contribution in [2.75, 3.05) is 13.1 Å². The largest absolute Gasteiger partial charge is 0.297 e. The van der Waals surface area contributed by atoms with Gasteiger partial charge in [0.05, 0.1) is 6.04 Å². The van der Waals surface area contributed by atoms with Crippen molar-refractivity contribution in [1.82, 2.24) is 10.3 Å². The number of hydrazine groups is 1.